The summed E-state index contributed by atoms with van der Waals surface area (Å²) in [6, 6.07) is 6.84. The third-order valence-electron chi connectivity index (χ3n) is 8.12. The molecular formula is C39H61N3O10. The minimum absolute atomic E-state index is 0.0689. The largest absolute Gasteiger partial charge is 0.460 e. The van der Waals surface area contributed by atoms with Crippen molar-refractivity contribution in [1.29, 1.82) is 0 Å². The maximum Gasteiger partial charge on any atom is 0.323 e. The Labute approximate surface area is 309 Å². The molecule has 0 unspecified atom stereocenters. The van der Waals surface area contributed by atoms with E-state index in [9.17, 15) is 24.0 Å². The predicted octanol–water partition coefficient (Wildman–Crippen LogP) is 4.28. The lowest BCUT2D eigenvalue weighted by Gasteiger charge is -2.33. The van der Waals surface area contributed by atoms with Crippen LogP contribution in [0.15, 0.2) is 30.3 Å². The van der Waals surface area contributed by atoms with E-state index in [-0.39, 0.29) is 52.2 Å². The van der Waals surface area contributed by atoms with Crippen molar-refractivity contribution in [3.05, 3.63) is 35.9 Å². The van der Waals surface area contributed by atoms with Crippen LogP contribution in [0.3, 0.4) is 0 Å². The first-order valence-corrected chi connectivity index (χ1v) is 18.1. The van der Waals surface area contributed by atoms with Gasteiger partial charge in [-0.15, -0.1) is 0 Å². The summed E-state index contributed by atoms with van der Waals surface area (Å²) in [4.78, 5) is 72.3. The fourth-order valence-electron chi connectivity index (χ4n) is 6.39. The predicted molar refractivity (Wildman–Crippen MR) is 194 cm³/mol. The Bertz CT molecular complexity index is 1330. The summed E-state index contributed by atoms with van der Waals surface area (Å²) in [5, 5.41) is 0. The van der Waals surface area contributed by atoms with Crippen LogP contribution in [0, 0.1) is 0 Å². The van der Waals surface area contributed by atoms with Gasteiger partial charge in [0.05, 0.1) is 19.6 Å². The number of rotatable bonds is 12. The molecule has 0 N–H and O–H groups in total. The second-order valence-electron chi connectivity index (χ2n) is 17.7. The van der Waals surface area contributed by atoms with Crippen molar-refractivity contribution >= 4 is 29.8 Å². The molecule has 2 aliphatic rings. The van der Waals surface area contributed by atoms with Gasteiger partial charge in [0.1, 0.15) is 41.1 Å². The van der Waals surface area contributed by atoms with Crippen LogP contribution >= 0.6 is 0 Å². The van der Waals surface area contributed by atoms with Gasteiger partial charge in [-0.2, -0.15) is 0 Å². The minimum Gasteiger partial charge on any atom is -0.460 e. The lowest BCUT2D eigenvalue weighted by Crippen LogP contribution is -2.49. The summed E-state index contributed by atoms with van der Waals surface area (Å²) in [6.45, 7) is 21.3. The summed E-state index contributed by atoms with van der Waals surface area (Å²) in [7, 11) is 0. The first kappa shape index (κ1) is 42.9. The molecule has 0 amide bonds. The van der Waals surface area contributed by atoms with E-state index in [1.54, 1.807) is 92.9 Å². The smallest absolute Gasteiger partial charge is 0.323 e. The van der Waals surface area contributed by atoms with Gasteiger partial charge in [-0.3, -0.25) is 38.7 Å². The average Bonchev–Trinajstić information content (AvgIpc) is 3.56. The number of hydrogen-bond acceptors (Lipinski definition) is 13. The zero-order valence-electron chi connectivity index (χ0n) is 33.3. The van der Waals surface area contributed by atoms with Crippen LogP contribution in [0.4, 0.5) is 0 Å². The van der Waals surface area contributed by atoms with Crippen LogP contribution in [0.25, 0.3) is 0 Å². The summed E-state index contributed by atoms with van der Waals surface area (Å²) < 4.78 is 28.5. The van der Waals surface area contributed by atoms with Crippen molar-refractivity contribution in [2.24, 2.45) is 0 Å². The van der Waals surface area contributed by atoms with E-state index in [0.29, 0.717) is 0 Å². The van der Waals surface area contributed by atoms with Crippen molar-refractivity contribution in [1.82, 2.24) is 14.7 Å². The molecular weight excluding hydrogens is 670 g/mol. The molecule has 0 aliphatic carbocycles. The van der Waals surface area contributed by atoms with E-state index in [0.717, 1.165) is 5.56 Å². The van der Waals surface area contributed by atoms with Gasteiger partial charge in [0.25, 0.3) is 0 Å². The molecule has 3 rings (SSSR count). The number of likely N-dealkylation sites (tertiary alicyclic amines) is 2. The molecule has 0 saturated carbocycles. The molecule has 2 aliphatic heterocycles. The van der Waals surface area contributed by atoms with Gasteiger partial charge in [-0.05, 0) is 101 Å². The highest BCUT2D eigenvalue weighted by atomic mass is 16.6. The summed E-state index contributed by atoms with van der Waals surface area (Å²) in [5.41, 5.74) is -2.19. The number of ether oxygens (including phenoxy) is 5. The quantitative estimate of drug-likeness (QED) is 0.223. The molecule has 0 radical (unpaired) electrons. The molecule has 0 spiro atoms. The fraction of sp³-hybridized carbons (Fsp3) is 0.718. The normalized spacial score (nSPS) is 21.9. The van der Waals surface area contributed by atoms with Crippen LogP contribution in [0.1, 0.15) is 101 Å². The van der Waals surface area contributed by atoms with Crippen molar-refractivity contribution in [2.75, 3.05) is 32.7 Å². The first-order valence-electron chi connectivity index (χ1n) is 18.1. The van der Waals surface area contributed by atoms with E-state index < -0.39 is 76.4 Å². The lowest BCUT2D eigenvalue weighted by molar-refractivity contribution is -0.165. The first-order chi connectivity index (χ1) is 23.8. The zero-order chi connectivity index (χ0) is 39.2. The minimum atomic E-state index is -0.805. The maximum absolute atomic E-state index is 13.6. The molecule has 13 nitrogen and oxygen atoms in total. The second kappa shape index (κ2) is 17.1. The zero-order valence-corrected chi connectivity index (χ0v) is 33.3. The highest BCUT2D eigenvalue weighted by Gasteiger charge is 2.48. The van der Waals surface area contributed by atoms with Crippen molar-refractivity contribution in [3.8, 4) is 0 Å². The van der Waals surface area contributed by atoms with Crippen LogP contribution in [-0.4, -0.2) is 124 Å². The number of carbonyl (C=O) groups excluding carboxylic acids is 5. The molecule has 52 heavy (non-hydrogen) atoms. The maximum atomic E-state index is 13.6. The summed E-state index contributed by atoms with van der Waals surface area (Å²) >= 11 is 0. The molecule has 4 atom stereocenters. The monoisotopic (exact) mass is 731 g/mol. The van der Waals surface area contributed by atoms with E-state index in [1.807, 2.05) is 35.2 Å². The van der Waals surface area contributed by atoms with Gasteiger partial charge in [0, 0.05) is 25.2 Å². The summed E-state index contributed by atoms with van der Waals surface area (Å²) in [6.07, 6.45) is 0.479. The van der Waals surface area contributed by atoms with Gasteiger partial charge in [0.15, 0.2) is 0 Å². The topological polar surface area (TPSA) is 141 Å². The highest BCUT2D eigenvalue weighted by Crippen LogP contribution is 2.32. The standard InChI is InChI=1S/C39H61N3O10/c1-36(2,3)49-32(44)22-40-20-27(18-29(40)34(46)51-38(7,8)9)42(24-31(43)48-25-26-16-14-13-15-17-26)28-19-30(35(47)52-39(10,11)12)41(21-28)23-33(45)50-37(4,5)6/h13-17,27-30H,18-25H2,1-12H3/t27-,28+,29-,30+. The molecule has 0 bridgehead atoms. The number of hydrogen-bond donors (Lipinski definition) is 0. The van der Waals surface area contributed by atoms with Gasteiger partial charge < -0.3 is 23.7 Å². The van der Waals surface area contributed by atoms with Crippen LogP contribution < -0.4 is 0 Å². The van der Waals surface area contributed by atoms with Gasteiger partial charge in [-0.1, -0.05) is 30.3 Å². The van der Waals surface area contributed by atoms with Gasteiger partial charge in [0.2, 0.25) is 0 Å². The fourth-order valence-corrected chi connectivity index (χ4v) is 6.39. The van der Waals surface area contributed by atoms with Gasteiger partial charge >= 0.3 is 29.8 Å². The Morgan fingerprint density at radius 3 is 1.35 bits per heavy atom. The van der Waals surface area contributed by atoms with Crippen LogP contribution in [0.5, 0.6) is 0 Å². The highest BCUT2D eigenvalue weighted by molar-refractivity contribution is 5.80. The van der Waals surface area contributed by atoms with E-state index in [2.05, 4.69) is 0 Å². The molecule has 1 aromatic rings. The Hall–Kier alpha value is -3.55. The number of nitrogens with zero attached hydrogens (tertiary/aromatic N) is 3. The Morgan fingerprint density at radius 2 is 0.981 bits per heavy atom. The van der Waals surface area contributed by atoms with Crippen LogP contribution in [-0.2, 0) is 54.3 Å². The molecule has 2 fully saturated rings. The Balaban J connectivity index is 1.98. The molecule has 2 saturated heterocycles. The molecule has 0 aromatic heterocycles. The average molecular weight is 732 g/mol. The van der Waals surface area contributed by atoms with Crippen molar-refractivity contribution in [3.63, 3.8) is 0 Å². The van der Waals surface area contributed by atoms with Crippen molar-refractivity contribution in [2.45, 2.75) is 149 Å². The third-order valence-corrected chi connectivity index (χ3v) is 8.12. The molecule has 2 heterocycles. The third kappa shape index (κ3) is 14.5. The van der Waals surface area contributed by atoms with Crippen LogP contribution in [0.2, 0.25) is 0 Å². The number of carbonyl (C=O) groups is 5. The van der Waals surface area contributed by atoms with Gasteiger partial charge in [-0.25, -0.2) is 0 Å². The Morgan fingerprint density at radius 1 is 0.596 bits per heavy atom. The lowest BCUT2D eigenvalue weighted by atomic mass is 10.1. The van der Waals surface area contributed by atoms with E-state index in [4.69, 9.17) is 23.7 Å². The molecule has 292 valence electrons. The summed E-state index contributed by atoms with van der Waals surface area (Å²) in [5.74, 6) is -2.47. The molecule has 1 aromatic carbocycles. The number of esters is 5. The van der Waals surface area contributed by atoms with E-state index in [1.165, 1.54) is 0 Å². The van der Waals surface area contributed by atoms with E-state index >= 15 is 0 Å². The Kier molecular flexibility index (Phi) is 14.1. The molecule has 13 heteroatoms. The SMILES string of the molecule is CC(C)(C)OC(=O)CN1C[C@H](N(CC(=O)OCc2ccccc2)[C@H]2C[C@@H](C(=O)OC(C)(C)C)N(CC(=O)OC(C)(C)C)C2)C[C@@H]1C(=O)OC(C)(C)C. The van der Waals surface area contributed by atoms with Crippen molar-refractivity contribution < 1.29 is 47.7 Å². The second-order valence-corrected chi connectivity index (χ2v) is 17.7. The number of benzene rings is 1.